The normalized spacial score (nSPS) is 22.6. The van der Waals surface area contributed by atoms with Crippen molar-refractivity contribution >= 4 is 28.8 Å². The highest BCUT2D eigenvalue weighted by Crippen LogP contribution is 2.32. The van der Waals surface area contributed by atoms with Gasteiger partial charge in [0.15, 0.2) is 17.7 Å². The first kappa shape index (κ1) is 24.3. The molecule has 4 rings (SSSR count). The Morgan fingerprint density at radius 1 is 1.20 bits per heavy atom. The fraction of sp³-hybridized carbons (Fsp3) is 0.409. The van der Waals surface area contributed by atoms with Crippen molar-refractivity contribution in [2.75, 3.05) is 19.0 Å². The first-order valence-electron chi connectivity index (χ1n) is 11.0. The molecule has 0 saturated carbocycles. The van der Waals surface area contributed by atoms with Crippen LogP contribution in [0, 0.1) is 0 Å². The number of aromatic hydroxyl groups is 1. The van der Waals surface area contributed by atoms with E-state index in [0.717, 1.165) is 0 Å². The number of anilines is 1. The number of hydrogen-bond acceptors (Lipinski definition) is 10. The number of ether oxygens (including phenoxy) is 1. The minimum atomic E-state index is -1.26. The van der Waals surface area contributed by atoms with Crippen molar-refractivity contribution in [2.24, 2.45) is 0 Å². The molecule has 3 unspecified atom stereocenters. The number of aliphatic hydroxyl groups excluding tert-OH is 2. The summed E-state index contributed by atoms with van der Waals surface area (Å²) in [7, 11) is 1.69. The SMILES string of the molecule is CNc1ncnc2c1ncn2C1O[C@H](CO)C(NC(=O)C(Cc2ccc(O)cc2)NC(C)=O)[C@H]1O. The van der Waals surface area contributed by atoms with Crippen LogP contribution in [0.3, 0.4) is 0 Å². The molecule has 3 aromatic rings. The Balaban J connectivity index is 1.55. The standard InChI is InChI=1S/C22H27N7O6/c1-11(31)27-14(7-12-3-5-13(32)6-4-12)21(34)28-16-15(8-30)35-22(18(16)33)29-10-26-17-19(23-2)24-9-25-20(17)29/h3-6,9-10,14-16,18,22,30,32-33H,7-8H2,1-2H3,(H,27,31)(H,28,34)(H,23,24,25)/t14?,15-,16?,18-,22?/m1/s1. The number of carbonyl (C=O) groups is 2. The van der Waals surface area contributed by atoms with E-state index in [2.05, 4.69) is 30.9 Å². The molecule has 2 aromatic heterocycles. The lowest BCUT2D eigenvalue weighted by Crippen LogP contribution is -2.55. The van der Waals surface area contributed by atoms with E-state index < -0.39 is 48.9 Å². The molecular formula is C22H27N7O6. The molecule has 1 aliphatic rings. The van der Waals surface area contributed by atoms with Gasteiger partial charge in [0.25, 0.3) is 0 Å². The molecule has 1 fully saturated rings. The molecule has 13 nitrogen and oxygen atoms in total. The van der Waals surface area contributed by atoms with Crippen LogP contribution in [0.5, 0.6) is 5.75 Å². The Kier molecular flexibility index (Phi) is 7.10. The number of phenols is 1. The van der Waals surface area contributed by atoms with Crippen molar-refractivity contribution in [1.82, 2.24) is 30.2 Å². The smallest absolute Gasteiger partial charge is 0.243 e. The summed E-state index contributed by atoms with van der Waals surface area (Å²) in [5, 5.41) is 38.7. The number of aromatic nitrogens is 4. The highest BCUT2D eigenvalue weighted by molar-refractivity contribution is 5.87. The summed E-state index contributed by atoms with van der Waals surface area (Å²) >= 11 is 0. The maximum atomic E-state index is 13.1. The van der Waals surface area contributed by atoms with E-state index in [4.69, 9.17) is 4.74 Å². The van der Waals surface area contributed by atoms with E-state index in [1.54, 1.807) is 19.2 Å². The molecule has 1 aromatic carbocycles. The van der Waals surface area contributed by atoms with Gasteiger partial charge in [0, 0.05) is 20.4 Å². The van der Waals surface area contributed by atoms with Crippen molar-refractivity contribution in [2.45, 2.75) is 43.9 Å². The number of imidazole rings is 1. The number of aliphatic hydroxyl groups is 2. The van der Waals surface area contributed by atoms with Crippen molar-refractivity contribution in [3.8, 4) is 5.75 Å². The lowest BCUT2D eigenvalue weighted by atomic mass is 10.0. The molecule has 0 aliphatic carbocycles. The Morgan fingerprint density at radius 2 is 1.94 bits per heavy atom. The predicted octanol–water partition coefficient (Wildman–Crippen LogP) is -0.944. The summed E-state index contributed by atoms with van der Waals surface area (Å²) in [4.78, 5) is 37.5. The fourth-order valence-electron chi connectivity index (χ4n) is 4.11. The number of fused-ring (bicyclic) bond motifs is 1. The van der Waals surface area contributed by atoms with Crippen LogP contribution in [0.15, 0.2) is 36.9 Å². The molecule has 0 radical (unpaired) electrons. The van der Waals surface area contributed by atoms with Crippen LogP contribution in [0.1, 0.15) is 18.7 Å². The van der Waals surface area contributed by atoms with Crippen molar-refractivity contribution in [3.63, 3.8) is 0 Å². The zero-order chi connectivity index (χ0) is 25.1. The van der Waals surface area contributed by atoms with E-state index in [-0.39, 0.29) is 12.2 Å². The zero-order valence-electron chi connectivity index (χ0n) is 19.1. The Morgan fingerprint density at radius 3 is 2.60 bits per heavy atom. The molecule has 13 heteroatoms. The van der Waals surface area contributed by atoms with Gasteiger partial charge in [-0.1, -0.05) is 12.1 Å². The highest BCUT2D eigenvalue weighted by atomic mass is 16.5. The molecule has 6 N–H and O–H groups in total. The van der Waals surface area contributed by atoms with Crippen molar-refractivity contribution < 1.29 is 29.6 Å². The summed E-state index contributed by atoms with van der Waals surface area (Å²) < 4.78 is 7.38. The van der Waals surface area contributed by atoms with Crippen LogP contribution < -0.4 is 16.0 Å². The molecule has 3 heterocycles. The van der Waals surface area contributed by atoms with Crippen LogP contribution in [0.2, 0.25) is 0 Å². The van der Waals surface area contributed by atoms with Gasteiger partial charge in [0.2, 0.25) is 11.8 Å². The van der Waals surface area contributed by atoms with Gasteiger partial charge in [-0.3, -0.25) is 14.2 Å². The van der Waals surface area contributed by atoms with Crippen LogP contribution in [-0.4, -0.2) is 84.6 Å². The third kappa shape index (κ3) is 5.01. The topological polar surface area (TPSA) is 184 Å². The molecule has 0 bridgehead atoms. The van der Waals surface area contributed by atoms with E-state index in [0.29, 0.717) is 22.5 Å². The average Bonchev–Trinajstić information content (AvgIpc) is 3.40. The molecule has 0 spiro atoms. The van der Waals surface area contributed by atoms with E-state index >= 15 is 0 Å². The number of phenolic OH excluding ortho intramolecular Hbond substituents is 1. The van der Waals surface area contributed by atoms with E-state index in [1.165, 1.54) is 36.3 Å². The van der Waals surface area contributed by atoms with E-state index in [9.17, 15) is 24.9 Å². The second-order valence-corrected chi connectivity index (χ2v) is 8.19. The van der Waals surface area contributed by atoms with Gasteiger partial charge >= 0.3 is 0 Å². The van der Waals surface area contributed by atoms with Gasteiger partial charge in [-0.2, -0.15) is 0 Å². The summed E-state index contributed by atoms with van der Waals surface area (Å²) in [5.74, 6) is -0.391. The second kappa shape index (κ2) is 10.2. The number of nitrogens with one attached hydrogen (secondary N) is 3. The molecule has 5 atom stereocenters. The van der Waals surface area contributed by atoms with Gasteiger partial charge in [0.1, 0.15) is 35.8 Å². The van der Waals surface area contributed by atoms with Gasteiger partial charge in [-0.05, 0) is 17.7 Å². The first-order valence-corrected chi connectivity index (χ1v) is 11.0. The minimum Gasteiger partial charge on any atom is -0.508 e. The highest BCUT2D eigenvalue weighted by Gasteiger charge is 2.46. The molecular weight excluding hydrogens is 458 g/mol. The molecule has 186 valence electrons. The van der Waals surface area contributed by atoms with Crippen LogP contribution in [0.25, 0.3) is 11.2 Å². The maximum absolute atomic E-state index is 13.1. The number of carbonyl (C=O) groups excluding carboxylic acids is 2. The number of amides is 2. The van der Waals surface area contributed by atoms with Gasteiger partial charge in [0.05, 0.1) is 19.0 Å². The Bertz CT molecular complexity index is 1200. The summed E-state index contributed by atoms with van der Waals surface area (Å²) in [6.45, 7) is 0.827. The van der Waals surface area contributed by atoms with Gasteiger partial charge in [-0.15, -0.1) is 0 Å². The Labute approximate surface area is 200 Å². The predicted molar refractivity (Wildman–Crippen MR) is 123 cm³/mol. The third-order valence-corrected chi connectivity index (χ3v) is 5.80. The van der Waals surface area contributed by atoms with Crippen LogP contribution in [-0.2, 0) is 20.7 Å². The van der Waals surface area contributed by atoms with Gasteiger partial charge in [-0.25, -0.2) is 15.0 Å². The minimum absolute atomic E-state index is 0.0801. The summed E-state index contributed by atoms with van der Waals surface area (Å²) in [5.41, 5.74) is 1.58. The largest absolute Gasteiger partial charge is 0.508 e. The number of nitrogens with zero attached hydrogens (tertiary/aromatic N) is 4. The monoisotopic (exact) mass is 485 g/mol. The van der Waals surface area contributed by atoms with Crippen LogP contribution in [0.4, 0.5) is 5.82 Å². The molecule has 35 heavy (non-hydrogen) atoms. The summed E-state index contributed by atoms with van der Waals surface area (Å²) in [6, 6.07) is 4.32. The lowest BCUT2D eigenvalue weighted by Gasteiger charge is -2.24. The van der Waals surface area contributed by atoms with E-state index in [1.807, 2.05) is 0 Å². The summed E-state index contributed by atoms with van der Waals surface area (Å²) in [6.07, 6.45) is -0.228. The molecule has 1 aliphatic heterocycles. The zero-order valence-corrected chi connectivity index (χ0v) is 19.1. The quantitative estimate of drug-likeness (QED) is 0.233. The maximum Gasteiger partial charge on any atom is 0.243 e. The fourth-order valence-corrected chi connectivity index (χ4v) is 4.11. The lowest BCUT2D eigenvalue weighted by molar-refractivity contribution is -0.129. The number of benzene rings is 1. The second-order valence-electron chi connectivity index (χ2n) is 8.19. The van der Waals surface area contributed by atoms with Crippen molar-refractivity contribution in [3.05, 3.63) is 42.5 Å². The number of hydrogen-bond donors (Lipinski definition) is 6. The van der Waals surface area contributed by atoms with Gasteiger partial charge < -0.3 is 36.0 Å². The first-order chi connectivity index (χ1) is 16.8. The van der Waals surface area contributed by atoms with Crippen molar-refractivity contribution in [1.29, 1.82) is 0 Å². The third-order valence-electron chi connectivity index (χ3n) is 5.80. The molecule has 2 amide bonds. The average molecular weight is 486 g/mol. The Hall–Kier alpha value is -3.81. The van der Waals surface area contributed by atoms with Crippen LogP contribution >= 0.6 is 0 Å². The molecule has 1 saturated heterocycles. The number of rotatable bonds is 8.